The molecule has 1 fully saturated rings. The van der Waals surface area contributed by atoms with Gasteiger partial charge in [0.2, 0.25) is 5.91 Å². The predicted octanol–water partition coefficient (Wildman–Crippen LogP) is 4.22. The second kappa shape index (κ2) is 10.6. The number of amides is 1. The zero-order chi connectivity index (χ0) is 25.1. The number of benzene rings is 2. The number of primary amides is 1. The van der Waals surface area contributed by atoms with Crippen LogP contribution >= 0.6 is 11.6 Å². The molecule has 1 saturated heterocycles. The quantitative estimate of drug-likeness (QED) is 0.530. The average molecular weight is 494 g/mol. The van der Waals surface area contributed by atoms with Gasteiger partial charge < -0.3 is 15.4 Å². The monoisotopic (exact) mass is 493 g/mol. The molecule has 2 heterocycles. The lowest BCUT2D eigenvalue weighted by Gasteiger charge is -2.36. The minimum Gasteiger partial charge on any atom is -0.488 e. The SMILES string of the molecule is Cc1ccc(Cl)cc1OCc1c(C)nc(-c2c(C)cccc2C)nc1N1CCN(CC(N)=O)CC1. The van der Waals surface area contributed by atoms with E-state index in [9.17, 15) is 4.79 Å². The van der Waals surface area contributed by atoms with Gasteiger partial charge in [-0.25, -0.2) is 9.97 Å². The Bertz CT molecular complexity index is 1220. The third-order valence-corrected chi connectivity index (χ3v) is 6.71. The smallest absolute Gasteiger partial charge is 0.231 e. The third kappa shape index (κ3) is 5.74. The summed E-state index contributed by atoms with van der Waals surface area (Å²) < 4.78 is 6.22. The number of piperazine rings is 1. The molecule has 2 aromatic carbocycles. The maximum absolute atomic E-state index is 11.4. The van der Waals surface area contributed by atoms with Crippen LogP contribution in [0.4, 0.5) is 5.82 Å². The van der Waals surface area contributed by atoms with E-state index in [2.05, 4.69) is 41.8 Å². The average Bonchev–Trinajstić information content (AvgIpc) is 2.80. The van der Waals surface area contributed by atoms with E-state index in [1.165, 1.54) is 0 Å². The Morgan fingerprint density at radius 2 is 1.69 bits per heavy atom. The van der Waals surface area contributed by atoms with E-state index in [-0.39, 0.29) is 12.5 Å². The van der Waals surface area contributed by atoms with Crippen LogP contribution in [-0.2, 0) is 11.4 Å². The van der Waals surface area contributed by atoms with E-state index < -0.39 is 0 Å². The number of hydrogen-bond donors (Lipinski definition) is 1. The van der Waals surface area contributed by atoms with Gasteiger partial charge in [-0.05, 0) is 56.5 Å². The van der Waals surface area contributed by atoms with E-state index in [1.807, 2.05) is 32.0 Å². The zero-order valence-electron chi connectivity index (χ0n) is 20.8. The Balaban J connectivity index is 1.70. The van der Waals surface area contributed by atoms with Crippen LogP contribution in [0, 0.1) is 27.7 Å². The number of hydrogen-bond acceptors (Lipinski definition) is 6. The summed E-state index contributed by atoms with van der Waals surface area (Å²) in [6.45, 7) is 11.7. The molecule has 0 aliphatic carbocycles. The first kappa shape index (κ1) is 24.9. The lowest BCUT2D eigenvalue weighted by molar-refractivity contribution is -0.119. The molecule has 1 amide bonds. The van der Waals surface area contributed by atoms with Crippen molar-refractivity contribution in [2.75, 3.05) is 37.6 Å². The van der Waals surface area contributed by atoms with Gasteiger partial charge in [0.25, 0.3) is 0 Å². The van der Waals surface area contributed by atoms with Crippen LogP contribution in [0.3, 0.4) is 0 Å². The molecule has 0 saturated carbocycles. The fourth-order valence-corrected chi connectivity index (χ4v) is 4.67. The Morgan fingerprint density at radius 3 is 2.34 bits per heavy atom. The molecule has 7 nitrogen and oxygen atoms in total. The summed E-state index contributed by atoms with van der Waals surface area (Å²) in [5.74, 6) is 2.02. The molecule has 0 spiro atoms. The van der Waals surface area contributed by atoms with Crippen molar-refractivity contribution in [1.29, 1.82) is 0 Å². The maximum atomic E-state index is 11.4. The van der Waals surface area contributed by atoms with Gasteiger partial charge in [0.15, 0.2) is 5.82 Å². The highest BCUT2D eigenvalue weighted by Gasteiger charge is 2.24. The second-order valence-corrected chi connectivity index (χ2v) is 9.57. The standard InChI is InChI=1S/C27H32ClN5O2/c1-17-8-9-21(28)14-23(17)35-16-22-20(4)30-26(25-18(2)6-5-7-19(25)3)31-27(22)33-12-10-32(11-13-33)15-24(29)34/h5-9,14H,10-13,15-16H2,1-4H3,(H2,29,34). The van der Waals surface area contributed by atoms with Crippen LogP contribution < -0.4 is 15.4 Å². The van der Waals surface area contributed by atoms with Crippen LogP contribution in [0.1, 0.15) is 27.9 Å². The van der Waals surface area contributed by atoms with Gasteiger partial charge in [-0.15, -0.1) is 0 Å². The topological polar surface area (TPSA) is 84.6 Å². The van der Waals surface area contributed by atoms with Gasteiger partial charge >= 0.3 is 0 Å². The number of carbonyl (C=O) groups is 1. The van der Waals surface area contributed by atoms with Crippen molar-refractivity contribution in [1.82, 2.24) is 14.9 Å². The first-order valence-corrected chi connectivity index (χ1v) is 12.2. The van der Waals surface area contributed by atoms with Crippen molar-refractivity contribution < 1.29 is 9.53 Å². The van der Waals surface area contributed by atoms with Crippen molar-refractivity contribution in [3.8, 4) is 17.1 Å². The largest absolute Gasteiger partial charge is 0.488 e. The summed E-state index contributed by atoms with van der Waals surface area (Å²) in [6.07, 6.45) is 0. The number of halogens is 1. The Kier molecular flexibility index (Phi) is 7.57. The molecule has 0 unspecified atom stereocenters. The molecule has 0 bridgehead atoms. The molecular weight excluding hydrogens is 462 g/mol. The van der Waals surface area contributed by atoms with Crippen molar-refractivity contribution in [3.63, 3.8) is 0 Å². The Labute approximate surface area is 211 Å². The second-order valence-electron chi connectivity index (χ2n) is 9.13. The summed E-state index contributed by atoms with van der Waals surface area (Å²) in [4.78, 5) is 25.7. The number of aromatic nitrogens is 2. The fourth-order valence-electron chi connectivity index (χ4n) is 4.51. The number of rotatable bonds is 7. The van der Waals surface area contributed by atoms with Crippen molar-refractivity contribution in [2.45, 2.75) is 34.3 Å². The fraction of sp³-hybridized carbons (Fsp3) is 0.370. The van der Waals surface area contributed by atoms with Gasteiger partial charge in [-0.1, -0.05) is 35.9 Å². The lowest BCUT2D eigenvalue weighted by Crippen LogP contribution is -2.49. The number of ether oxygens (including phenoxy) is 1. The van der Waals surface area contributed by atoms with Crippen molar-refractivity contribution in [3.05, 3.63) is 69.4 Å². The number of aryl methyl sites for hydroxylation is 4. The van der Waals surface area contributed by atoms with E-state index in [0.29, 0.717) is 11.6 Å². The highest BCUT2D eigenvalue weighted by atomic mass is 35.5. The van der Waals surface area contributed by atoms with Gasteiger partial charge in [0.05, 0.1) is 17.8 Å². The molecule has 3 aromatic rings. The van der Waals surface area contributed by atoms with Crippen LogP contribution in [0.15, 0.2) is 36.4 Å². The molecule has 184 valence electrons. The summed E-state index contributed by atoms with van der Waals surface area (Å²) in [7, 11) is 0. The first-order chi connectivity index (χ1) is 16.7. The summed E-state index contributed by atoms with van der Waals surface area (Å²) >= 11 is 6.20. The van der Waals surface area contributed by atoms with Gasteiger partial charge in [0, 0.05) is 36.8 Å². The summed E-state index contributed by atoms with van der Waals surface area (Å²) in [5, 5.41) is 0.634. The number of nitrogens with two attached hydrogens (primary N) is 1. The predicted molar refractivity (Wildman–Crippen MR) is 140 cm³/mol. The van der Waals surface area contributed by atoms with Crippen LogP contribution in [0.25, 0.3) is 11.4 Å². The highest BCUT2D eigenvalue weighted by Crippen LogP contribution is 2.31. The van der Waals surface area contributed by atoms with Gasteiger partial charge in [-0.2, -0.15) is 0 Å². The molecular formula is C27H32ClN5O2. The van der Waals surface area contributed by atoms with Crippen LogP contribution in [-0.4, -0.2) is 53.5 Å². The van der Waals surface area contributed by atoms with Crippen molar-refractivity contribution >= 4 is 23.3 Å². The third-order valence-electron chi connectivity index (χ3n) is 6.47. The Morgan fingerprint density at radius 1 is 1.00 bits per heavy atom. The molecule has 1 aliphatic heterocycles. The molecule has 1 aliphatic rings. The normalized spacial score (nSPS) is 14.3. The van der Waals surface area contributed by atoms with Gasteiger partial charge in [0.1, 0.15) is 18.2 Å². The van der Waals surface area contributed by atoms with Crippen molar-refractivity contribution in [2.24, 2.45) is 5.73 Å². The highest BCUT2D eigenvalue weighted by molar-refractivity contribution is 6.30. The molecule has 1 aromatic heterocycles. The number of carbonyl (C=O) groups excluding carboxylic acids is 1. The molecule has 0 radical (unpaired) electrons. The lowest BCUT2D eigenvalue weighted by atomic mass is 10.0. The molecule has 8 heteroatoms. The van der Waals surface area contributed by atoms with E-state index >= 15 is 0 Å². The van der Waals surface area contributed by atoms with Crippen LogP contribution in [0.2, 0.25) is 5.02 Å². The zero-order valence-corrected chi connectivity index (χ0v) is 21.5. The van der Waals surface area contributed by atoms with E-state index in [4.69, 9.17) is 32.0 Å². The van der Waals surface area contributed by atoms with Crippen LogP contribution in [0.5, 0.6) is 5.75 Å². The molecule has 2 N–H and O–H groups in total. The number of anilines is 1. The molecule has 0 atom stereocenters. The van der Waals surface area contributed by atoms with E-state index in [0.717, 1.165) is 77.1 Å². The summed E-state index contributed by atoms with van der Waals surface area (Å²) in [6, 6.07) is 11.9. The first-order valence-electron chi connectivity index (χ1n) is 11.8. The molecule has 4 rings (SSSR count). The minimum atomic E-state index is -0.306. The van der Waals surface area contributed by atoms with E-state index in [1.54, 1.807) is 0 Å². The maximum Gasteiger partial charge on any atom is 0.231 e. The summed E-state index contributed by atoms with van der Waals surface area (Å²) in [5.41, 5.74) is 11.6. The minimum absolute atomic E-state index is 0.272. The Hall–Kier alpha value is -3.16. The van der Waals surface area contributed by atoms with Gasteiger partial charge in [-0.3, -0.25) is 9.69 Å². The molecule has 35 heavy (non-hydrogen) atoms. The number of nitrogens with zero attached hydrogens (tertiary/aromatic N) is 4.